The highest BCUT2D eigenvalue weighted by atomic mass is 32.1. The average molecular weight is 515 g/mol. The molecule has 36 heavy (non-hydrogen) atoms. The largest absolute Gasteiger partial charge is 0.458 e. The lowest BCUT2D eigenvalue weighted by Crippen LogP contribution is -2.48. The third-order valence-electron chi connectivity index (χ3n) is 6.34. The Labute approximate surface area is 212 Å². The van der Waals surface area contributed by atoms with Gasteiger partial charge in [-0.2, -0.15) is 4.80 Å². The number of ether oxygens (including phenoxy) is 2. The molecule has 0 spiro atoms. The fourth-order valence-corrected chi connectivity index (χ4v) is 5.36. The maximum absolute atomic E-state index is 13.7. The van der Waals surface area contributed by atoms with Crippen LogP contribution in [0.3, 0.4) is 0 Å². The summed E-state index contributed by atoms with van der Waals surface area (Å²) in [7, 11) is 0. The van der Waals surface area contributed by atoms with Crippen molar-refractivity contribution in [1.82, 2.24) is 30.4 Å². The first kappa shape index (κ1) is 24.6. The molecular formula is C24H30N6O5S. The van der Waals surface area contributed by atoms with Gasteiger partial charge in [0, 0.05) is 31.2 Å². The van der Waals surface area contributed by atoms with E-state index in [1.165, 1.54) is 16.1 Å². The number of aryl methyl sites for hydroxylation is 1. The molecule has 0 saturated carbocycles. The molecule has 0 aliphatic carbocycles. The summed E-state index contributed by atoms with van der Waals surface area (Å²) in [5.41, 5.74) is 0. The number of tetrazole rings is 1. The van der Waals surface area contributed by atoms with Gasteiger partial charge in [0.1, 0.15) is 18.3 Å². The minimum atomic E-state index is -0.793. The van der Waals surface area contributed by atoms with Crippen LogP contribution >= 0.6 is 11.3 Å². The topological polar surface area (TPSA) is 125 Å². The van der Waals surface area contributed by atoms with Gasteiger partial charge in [0.05, 0.1) is 12.2 Å². The number of hydrogen-bond acceptors (Lipinski definition) is 9. The number of aromatic nitrogens is 4. The van der Waals surface area contributed by atoms with Gasteiger partial charge in [0.15, 0.2) is 5.76 Å². The summed E-state index contributed by atoms with van der Waals surface area (Å²) >= 11 is 1.44. The number of nitrogens with one attached hydrogen (secondary N) is 1. The van der Waals surface area contributed by atoms with E-state index < -0.39 is 6.04 Å². The number of carbonyl (C=O) groups is 2. The summed E-state index contributed by atoms with van der Waals surface area (Å²) in [6.45, 7) is 3.74. The van der Waals surface area contributed by atoms with E-state index in [2.05, 4.69) is 20.7 Å². The number of carbonyl (C=O) groups excluding carboxylic acids is 2. The molecule has 0 aromatic carbocycles. The first-order chi connectivity index (χ1) is 17.6. The Morgan fingerprint density at radius 2 is 2.00 bits per heavy atom. The van der Waals surface area contributed by atoms with Crippen LogP contribution in [0, 0.1) is 6.92 Å². The zero-order valence-corrected chi connectivity index (χ0v) is 21.0. The molecular weight excluding hydrogens is 484 g/mol. The molecule has 2 amide bonds. The standard InChI is InChI=1S/C24H30N6O5S/c1-16-8-9-19(35-16)23-26-28-30(27-23)15-21(31)29(14-18-6-3-11-34-18)22(20-7-4-12-36-20)24(32)25-13-17-5-2-10-33-17/h4,7-9,12,17-18,22H,2-3,5-6,10-11,13-15H2,1H3,(H,25,32)/t17-,18+,22-/m0/s1. The molecule has 3 aromatic rings. The smallest absolute Gasteiger partial charge is 0.248 e. The molecule has 2 saturated heterocycles. The maximum Gasteiger partial charge on any atom is 0.248 e. The van der Waals surface area contributed by atoms with Gasteiger partial charge in [-0.15, -0.1) is 21.5 Å². The summed E-state index contributed by atoms with van der Waals surface area (Å²) in [4.78, 5) is 30.8. The van der Waals surface area contributed by atoms with Gasteiger partial charge in [0.2, 0.25) is 17.6 Å². The molecule has 192 valence electrons. The Hall–Kier alpha value is -3.09. The Kier molecular flexibility index (Phi) is 7.73. The quantitative estimate of drug-likeness (QED) is 0.437. The van der Waals surface area contributed by atoms with Crippen LogP contribution in [0.4, 0.5) is 0 Å². The molecule has 2 aliphatic rings. The van der Waals surface area contributed by atoms with Crippen LogP contribution in [-0.4, -0.2) is 75.4 Å². The van der Waals surface area contributed by atoms with Crippen molar-refractivity contribution in [2.45, 2.75) is 57.4 Å². The molecule has 0 bridgehead atoms. The molecule has 3 atom stereocenters. The van der Waals surface area contributed by atoms with E-state index in [1.807, 2.05) is 30.5 Å². The van der Waals surface area contributed by atoms with Gasteiger partial charge in [-0.3, -0.25) is 9.59 Å². The van der Waals surface area contributed by atoms with Crippen LogP contribution in [0.5, 0.6) is 0 Å². The molecule has 1 N–H and O–H groups in total. The lowest BCUT2D eigenvalue weighted by molar-refractivity contribution is -0.143. The van der Waals surface area contributed by atoms with E-state index in [4.69, 9.17) is 13.9 Å². The minimum absolute atomic E-state index is 0.00302. The lowest BCUT2D eigenvalue weighted by atomic mass is 10.1. The van der Waals surface area contributed by atoms with E-state index in [1.54, 1.807) is 11.0 Å². The van der Waals surface area contributed by atoms with Gasteiger partial charge < -0.3 is 24.1 Å². The Balaban J connectivity index is 1.36. The monoisotopic (exact) mass is 514 g/mol. The number of nitrogens with zero attached hydrogens (tertiary/aromatic N) is 5. The van der Waals surface area contributed by atoms with Crippen molar-refractivity contribution in [3.63, 3.8) is 0 Å². The molecule has 5 heterocycles. The van der Waals surface area contributed by atoms with E-state index in [0.717, 1.165) is 36.3 Å². The highest BCUT2D eigenvalue weighted by Gasteiger charge is 2.35. The number of thiophene rings is 1. The zero-order chi connectivity index (χ0) is 24.9. The summed E-state index contributed by atoms with van der Waals surface area (Å²) in [5, 5.41) is 17.3. The normalized spacial score (nSPS) is 20.5. The van der Waals surface area contributed by atoms with Gasteiger partial charge in [-0.1, -0.05) is 6.07 Å². The van der Waals surface area contributed by atoms with Crippen molar-refractivity contribution in [2.75, 3.05) is 26.3 Å². The Morgan fingerprint density at radius 3 is 2.67 bits per heavy atom. The van der Waals surface area contributed by atoms with Crippen molar-refractivity contribution >= 4 is 23.2 Å². The Morgan fingerprint density at radius 1 is 1.19 bits per heavy atom. The molecule has 3 aromatic heterocycles. The first-order valence-electron chi connectivity index (χ1n) is 12.3. The SMILES string of the molecule is Cc1ccc(-c2nnn(CC(=O)N(C[C@H]3CCCO3)[C@H](C(=O)NC[C@@H]3CCCO3)c3cccs3)n2)o1. The van der Waals surface area contributed by atoms with Crippen molar-refractivity contribution in [2.24, 2.45) is 0 Å². The molecule has 11 nitrogen and oxygen atoms in total. The second-order valence-corrected chi connectivity index (χ2v) is 10.0. The third-order valence-corrected chi connectivity index (χ3v) is 7.26. The predicted molar refractivity (Wildman–Crippen MR) is 130 cm³/mol. The second-order valence-electron chi connectivity index (χ2n) is 9.03. The third kappa shape index (κ3) is 5.82. The average Bonchev–Trinajstić information content (AvgIpc) is 3.68. The van der Waals surface area contributed by atoms with Crippen LogP contribution in [0.15, 0.2) is 34.1 Å². The molecule has 2 aliphatic heterocycles. The lowest BCUT2D eigenvalue weighted by Gasteiger charge is -2.32. The van der Waals surface area contributed by atoms with Crippen molar-refractivity contribution < 1.29 is 23.5 Å². The summed E-state index contributed by atoms with van der Waals surface area (Å²) in [6, 6.07) is 6.53. The van der Waals surface area contributed by atoms with E-state index in [-0.39, 0.29) is 30.6 Å². The Bertz CT molecular complexity index is 1150. The predicted octanol–water partition coefficient (Wildman–Crippen LogP) is 2.35. The second kappa shape index (κ2) is 11.3. The summed E-state index contributed by atoms with van der Waals surface area (Å²) in [6.07, 6.45) is 3.54. The first-order valence-corrected chi connectivity index (χ1v) is 13.1. The van der Waals surface area contributed by atoms with Crippen molar-refractivity contribution in [3.05, 3.63) is 40.3 Å². The van der Waals surface area contributed by atoms with Gasteiger partial charge in [0.25, 0.3) is 0 Å². The van der Waals surface area contributed by atoms with E-state index in [9.17, 15) is 9.59 Å². The molecule has 0 radical (unpaired) electrons. The van der Waals surface area contributed by atoms with Crippen molar-refractivity contribution in [3.8, 4) is 11.6 Å². The van der Waals surface area contributed by atoms with Crippen LogP contribution < -0.4 is 5.32 Å². The van der Waals surface area contributed by atoms with Crippen LogP contribution in [-0.2, 0) is 25.6 Å². The van der Waals surface area contributed by atoms with Crippen LogP contribution in [0.1, 0.15) is 42.4 Å². The molecule has 12 heteroatoms. The number of rotatable bonds is 10. The van der Waals surface area contributed by atoms with Gasteiger partial charge in [-0.05, 0) is 61.4 Å². The fourth-order valence-electron chi connectivity index (χ4n) is 4.52. The maximum atomic E-state index is 13.7. The minimum Gasteiger partial charge on any atom is -0.458 e. The highest BCUT2D eigenvalue weighted by molar-refractivity contribution is 7.10. The van der Waals surface area contributed by atoms with Gasteiger partial charge in [-0.25, -0.2) is 0 Å². The van der Waals surface area contributed by atoms with Crippen LogP contribution in [0.25, 0.3) is 11.6 Å². The summed E-state index contributed by atoms with van der Waals surface area (Å²) < 4.78 is 17.1. The van der Waals surface area contributed by atoms with Gasteiger partial charge >= 0.3 is 0 Å². The molecule has 0 unspecified atom stereocenters. The molecule has 5 rings (SSSR count). The molecule has 2 fully saturated rings. The number of hydrogen-bond donors (Lipinski definition) is 1. The van der Waals surface area contributed by atoms with Crippen molar-refractivity contribution in [1.29, 1.82) is 0 Å². The highest BCUT2D eigenvalue weighted by Crippen LogP contribution is 2.28. The van der Waals surface area contributed by atoms with E-state index >= 15 is 0 Å². The number of furan rings is 1. The van der Waals surface area contributed by atoms with Crippen LogP contribution in [0.2, 0.25) is 0 Å². The summed E-state index contributed by atoms with van der Waals surface area (Å²) in [5.74, 6) is 0.972. The number of amides is 2. The zero-order valence-electron chi connectivity index (χ0n) is 20.2. The van der Waals surface area contributed by atoms with E-state index in [0.29, 0.717) is 37.9 Å². The fraction of sp³-hybridized carbons (Fsp3) is 0.542.